The van der Waals surface area contributed by atoms with E-state index >= 15 is 4.39 Å². The SMILES string of the molecule is C=CCOc1ccc2c(F)c(C3CCC(C4CCC(CCCCC)CC4)CC3)ccc2c1. The molecule has 2 aromatic rings. The van der Waals surface area contributed by atoms with E-state index in [1.807, 2.05) is 24.3 Å². The molecule has 0 N–H and O–H groups in total. The average molecular weight is 437 g/mol. The maximum Gasteiger partial charge on any atom is 0.134 e. The molecule has 2 saturated carbocycles. The Bertz CT molecular complexity index is 872. The van der Waals surface area contributed by atoms with Gasteiger partial charge in [-0.1, -0.05) is 70.2 Å². The Balaban J connectivity index is 1.32. The molecule has 2 aliphatic rings. The van der Waals surface area contributed by atoms with E-state index in [4.69, 9.17) is 4.74 Å². The van der Waals surface area contributed by atoms with Crippen molar-refractivity contribution in [2.75, 3.05) is 6.61 Å². The molecular weight excluding hydrogens is 395 g/mol. The van der Waals surface area contributed by atoms with Gasteiger partial charge < -0.3 is 4.74 Å². The summed E-state index contributed by atoms with van der Waals surface area (Å²) in [6.07, 6.45) is 18.0. The van der Waals surface area contributed by atoms with Gasteiger partial charge in [0.1, 0.15) is 18.2 Å². The van der Waals surface area contributed by atoms with Crippen molar-refractivity contribution >= 4 is 10.8 Å². The van der Waals surface area contributed by atoms with Crippen LogP contribution in [0.2, 0.25) is 0 Å². The van der Waals surface area contributed by atoms with E-state index in [0.29, 0.717) is 12.5 Å². The molecule has 1 nitrogen and oxygen atoms in total. The quantitative estimate of drug-likeness (QED) is 0.281. The number of benzene rings is 2. The highest BCUT2D eigenvalue weighted by molar-refractivity contribution is 5.85. The standard InChI is InChI=1S/C30H41FO/c1-3-5-6-7-22-8-10-23(11-9-22)24-12-14-25(15-13-24)28-18-16-26-21-27(32-20-4-2)17-19-29(26)30(28)31/h4,16-19,21-25H,2-3,5-15,20H2,1H3. The number of unbranched alkanes of at least 4 members (excludes halogenated alkanes) is 2. The Kier molecular flexibility index (Phi) is 8.27. The summed E-state index contributed by atoms with van der Waals surface area (Å²) < 4.78 is 21.0. The van der Waals surface area contributed by atoms with Crippen molar-refractivity contribution in [2.24, 2.45) is 17.8 Å². The van der Waals surface area contributed by atoms with E-state index in [1.54, 1.807) is 6.08 Å². The van der Waals surface area contributed by atoms with Crippen LogP contribution in [0.5, 0.6) is 5.75 Å². The number of ether oxygens (including phenoxy) is 1. The number of fused-ring (bicyclic) bond motifs is 1. The van der Waals surface area contributed by atoms with Crippen LogP contribution in [0.1, 0.15) is 95.5 Å². The topological polar surface area (TPSA) is 9.23 Å². The van der Waals surface area contributed by atoms with Crippen LogP contribution in [0, 0.1) is 23.6 Å². The molecule has 4 rings (SSSR count). The van der Waals surface area contributed by atoms with Crippen molar-refractivity contribution in [1.82, 2.24) is 0 Å². The van der Waals surface area contributed by atoms with Crippen molar-refractivity contribution in [2.45, 2.75) is 89.9 Å². The number of hydrogen-bond acceptors (Lipinski definition) is 1. The lowest BCUT2D eigenvalue weighted by Gasteiger charge is -2.38. The lowest BCUT2D eigenvalue weighted by atomic mass is 9.68. The molecule has 0 amide bonds. The van der Waals surface area contributed by atoms with Gasteiger partial charge in [-0.3, -0.25) is 0 Å². The number of halogens is 1. The molecule has 2 heteroatoms. The Labute approximate surface area is 194 Å². The lowest BCUT2D eigenvalue weighted by molar-refractivity contribution is 0.155. The molecule has 0 saturated heterocycles. The third-order valence-corrected chi connectivity index (χ3v) is 8.31. The summed E-state index contributed by atoms with van der Waals surface area (Å²) in [6.45, 7) is 6.45. The zero-order valence-corrected chi connectivity index (χ0v) is 20.0. The highest BCUT2D eigenvalue weighted by atomic mass is 19.1. The molecule has 0 heterocycles. The molecule has 0 bridgehead atoms. The van der Waals surface area contributed by atoms with Crippen LogP contribution in [0.25, 0.3) is 10.8 Å². The molecule has 0 spiro atoms. The van der Waals surface area contributed by atoms with Crippen molar-refractivity contribution < 1.29 is 9.13 Å². The highest BCUT2D eigenvalue weighted by Crippen LogP contribution is 2.45. The average Bonchev–Trinajstić information content (AvgIpc) is 2.84. The van der Waals surface area contributed by atoms with Gasteiger partial charge in [0.15, 0.2) is 0 Å². The van der Waals surface area contributed by atoms with Gasteiger partial charge in [0.05, 0.1) is 0 Å². The van der Waals surface area contributed by atoms with Gasteiger partial charge in [-0.15, -0.1) is 0 Å². The van der Waals surface area contributed by atoms with E-state index in [9.17, 15) is 0 Å². The van der Waals surface area contributed by atoms with Crippen molar-refractivity contribution in [1.29, 1.82) is 0 Å². The summed E-state index contributed by atoms with van der Waals surface area (Å²) in [5.74, 6) is 3.91. The van der Waals surface area contributed by atoms with Crippen LogP contribution in [0.3, 0.4) is 0 Å². The Morgan fingerprint density at radius 1 is 0.938 bits per heavy atom. The van der Waals surface area contributed by atoms with E-state index in [-0.39, 0.29) is 5.82 Å². The van der Waals surface area contributed by atoms with Gasteiger partial charge in [0, 0.05) is 5.39 Å². The molecule has 0 radical (unpaired) electrons. The first-order chi connectivity index (χ1) is 15.7. The maximum atomic E-state index is 15.4. The predicted octanol–water partition coefficient (Wildman–Crippen LogP) is 9.20. The molecule has 0 aliphatic heterocycles. The van der Waals surface area contributed by atoms with Crippen LogP contribution in [-0.4, -0.2) is 6.61 Å². The zero-order chi connectivity index (χ0) is 22.3. The first kappa shape index (κ1) is 23.3. The smallest absolute Gasteiger partial charge is 0.134 e. The summed E-state index contributed by atoms with van der Waals surface area (Å²) in [4.78, 5) is 0. The van der Waals surface area contributed by atoms with Gasteiger partial charge >= 0.3 is 0 Å². The molecular formula is C30H41FO. The first-order valence-electron chi connectivity index (χ1n) is 13.2. The van der Waals surface area contributed by atoms with Crippen LogP contribution in [0.4, 0.5) is 4.39 Å². The molecule has 174 valence electrons. The highest BCUT2D eigenvalue weighted by Gasteiger charge is 2.32. The molecule has 2 aliphatic carbocycles. The van der Waals surface area contributed by atoms with Gasteiger partial charge in [0.25, 0.3) is 0 Å². The fourth-order valence-corrected chi connectivity index (χ4v) is 6.38. The summed E-state index contributed by atoms with van der Waals surface area (Å²) in [5.41, 5.74) is 0.926. The van der Waals surface area contributed by atoms with Crippen molar-refractivity contribution in [3.05, 3.63) is 54.4 Å². The van der Waals surface area contributed by atoms with Gasteiger partial charge in [0.2, 0.25) is 0 Å². The third-order valence-electron chi connectivity index (χ3n) is 8.31. The minimum absolute atomic E-state index is 0.0196. The molecule has 2 fully saturated rings. The second kappa shape index (κ2) is 11.3. The first-order valence-corrected chi connectivity index (χ1v) is 13.2. The van der Waals surface area contributed by atoms with Gasteiger partial charge in [-0.25, -0.2) is 4.39 Å². The number of rotatable bonds is 9. The zero-order valence-electron chi connectivity index (χ0n) is 20.0. The van der Waals surface area contributed by atoms with Crippen molar-refractivity contribution in [3.63, 3.8) is 0 Å². The fraction of sp³-hybridized carbons (Fsp3) is 0.600. The van der Waals surface area contributed by atoms with Crippen molar-refractivity contribution in [3.8, 4) is 5.75 Å². The predicted molar refractivity (Wildman–Crippen MR) is 134 cm³/mol. The number of hydrogen-bond donors (Lipinski definition) is 0. The van der Waals surface area contributed by atoms with Crippen LogP contribution < -0.4 is 4.74 Å². The van der Waals surface area contributed by atoms with Gasteiger partial charge in [-0.2, -0.15) is 0 Å². The Morgan fingerprint density at radius 3 is 2.34 bits per heavy atom. The van der Waals surface area contributed by atoms with E-state index in [2.05, 4.69) is 19.6 Å². The van der Waals surface area contributed by atoms with Crippen LogP contribution in [0.15, 0.2) is 43.0 Å². The Morgan fingerprint density at radius 2 is 1.66 bits per heavy atom. The van der Waals surface area contributed by atoms with E-state index in [1.165, 1.54) is 64.2 Å². The molecule has 0 atom stereocenters. The molecule has 0 aromatic heterocycles. The summed E-state index contributed by atoms with van der Waals surface area (Å²) in [7, 11) is 0. The lowest BCUT2D eigenvalue weighted by Crippen LogP contribution is -2.25. The Hall–Kier alpha value is -1.83. The molecule has 0 unspecified atom stereocenters. The second-order valence-electron chi connectivity index (χ2n) is 10.3. The van der Waals surface area contributed by atoms with Crippen LogP contribution in [-0.2, 0) is 0 Å². The summed E-state index contributed by atoms with van der Waals surface area (Å²) in [5, 5.41) is 1.63. The minimum Gasteiger partial charge on any atom is -0.490 e. The van der Waals surface area contributed by atoms with Gasteiger partial charge in [-0.05, 0) is 91.3 Å². The molecule has 32 heavy (non-hydrogen) atoms. The van der Waals surface area contributed by atoms with E-state index < -0.39 is 0 Å². The van der Waals surface area contributed by atoms with Crippen LogP contribution >= 0.6 is 0 Å². The summed E-state index contributed by atoms with van der Waals surface area (Å²) >= 11 is 0. The normalized spacial score (nSPS) is 26.2. The minimum atomic E-state index is -0.0196. The largest absolute Gasteiger partial charge is 0.490 e. The third kappa shape index (κ3) is 5.56. The fourth-order valence-electron chi connectivity index (χ4n) is 6.38. The monoisotopic (exact) mass is 436 g/mol. The second-order valence-corrected chi connectivity index (χ2v) is 10.3. The van der Waals surface area contributed by atoms with E-state index in [0.717, 1.165) is 52.7 Å². The summed E-state index contributed by atoms with van der Waals surface area (Å²) in [6, 6.07) is 9.77. The molecule has 2 aromatic carbocycles. The maximum absolute atomic E-state index is 15.4.